The number of hydrogen-bond acceptors (Lipinski definition) is 2. The van der Waals surface area contributed by atoms with E-state index in [4.69, 9.17) is 5.11 Å². The van der Waals surface area contributed by atoms with E-state index in [2.05, 4.69) is 21.2 Å². The maximum Gasteiger partial charge on any atom is 0.305 e. The molecular formula is C15H20BrNO3. The van der Waals surface area contributed by atoms with Gasteiger partial charge >= 0.3 is 5.97 Å². The first-order valence-corrected chi connectivity index (χ1v) is 7.38. The number of carboxylic acids is 1. The Morgan fingerprint density at radius 3 is 2.20 bits per heavy atom. The molecule has 2 unspecified atom stereocenters. The van der Waals surface area contributed by atoms with Gasteiger partial charge in [0.25, 0.3) is 0 Å². The van der Waals surface area contributed by atoms with Crippen LogP contribution in [-0.4, -0.2) is 17.0 Å². The van der Waals surface area contributed by atoms with Crippen molar-refractivity contribution in [1.29, 1.82) is 0 Å². The van der Waals surface area contributed by atoms with Crippen LogP contribution in [0.2, 0.25) is 0 Å². The normalized spacial score (nSPS) is 13.8. The Morgan fingerprint density at radius 2 is 1.75 bits per heavy atom. The second kappa shape index (κ2) is 7.43. The van der Waals surface area contributed by atoms with Crippen LogP contribution >= 0.6 is 15.9 Å². The van der Waals surface area contributed by atoms with Crippen LogP contribution in [0.25, 0.3) is 0 Å². The molecule has 0 heterocycles. The first-order chi connectivity index (χ1) is 9.31. The molecule has 5 heteroatoms. The predicted molar refractivity (Wildman–Crippen MR) is 81.3 cm³/mol. The second-order valence-corrected chi connectivity index (χ2v) is 6.16. The Hall–Kier alpha value is -1.36. The number of rotatable bonds is 6. The number of carbonyl (C=O) groups is 2. The molecule has 110 valence electrons. The highest BCUT2D eigenvalue weighted by Gasteiger charge is 2.22. The summed E-state index contributed by atoms with van der Waals surface area (Å²) in [7, 11) is 0. The van der Waals surface area contributed by atoms with Crippen molar-refractivity contribution in [3.63, 3.8) is 0 Å². The van der Waals surface area contributed by atoms with E-state index in [1.165, 1.54) is 0 Å². The van der Waals surface area contributed by atoms with Crippen LogP contribution in [0.4, 0.5) is 0 Å². The second-order valence-electron chi connectivity index (χ2n) is 5.24. The van der Waals surface area contributed by atoms with Crippen molar-refractivity contribution in [2.75, 3.05) is 0 Å². The Bertz CT molecular complexity index is 471. The fraction of sp³-hybridized carbons (Fsp3) is 0.467. The van der Waals surface area contributed by atoms with Gasteiger partial charge in [0.2, 0.25) is 5.91 Å². The number of carbonyl (C=O) groups excluding carboxylic acids is 1. The summed E-state index contributed by atoms with van der Waals surface area (Å²) in [6.07, 6.45) is -0.127. The lowest BCUT2D eigenvalue weighted by Gasteiger charge is -2.22. The number of aliphatic carboxylic acids is 1. The minimum atomic E-state index is -0.935. The largest absolute Gasteiger partial charge is 0.481 e. The molecule has 1 aromatic rings. The van der Waals surface area contributed by atoms with Gasteiger partial charge in [-0.3, -0.25) is 9.59 Å². The van der Waals surface area contributed by atoms with Crippen LogP contribution in [0.5, 0.6) is 0 Å². The van der Waals surface area contributed by atoms with Gasteiger partial charge in [0, 0.05) is 10.4 Å². The number of hydrogen-bond donors (Lipinski definition) is 2. The van der Waals surface area contributed by atoms with Gasteiger partial charge in [-0.05, 0) is 23.6 Å². The van der Waals surface area contributed by atoms with Gasteiger partial charge in [-0.1, -0.05) is 48.8 Å². The quantitative estimate of drug-likeness (QED) is 0.833. The summed E-state index contributed by atoms with van der Waals surface area (Å²) < 4.78 is 0.914. The molecule has 0 aliphatic carbocycles. The highest BCUT2D eigenvalue weighted by atomic mass is 79.9. The van der Waals surface area contributed by atoms with Crippen LogP contribution in [0.1, 0.15) is 38.8 Å². The van der Waals surface area contributed by atoms with Crippen LogP contribution < -0.4 is 5.32 Å². The molecule has 1 amide bonds. The molecule has 0 saturated carbocycles. The van der Waals surface area contributed by atoms with Crippen molar-refractivity contribution in [3.8, 4) is 0 Å². The van der Waals surface area contributed by atoms with Crippen LogP contribution in [-0.2, 0) is 9.59 Å². The van der Waals surface area contributed by atoms with E-state index < -0.39 is 12.0 Å². The number of benzene rings is 1. The van der Waals surface area contributed by atoms with Crippen molar-refractivity contribution < 1.29 is 14.7 Å². The average Bonchev–Trinajstić information content (AvgIpc) is 2.37. The van der Waals surface area contributed by atoms with E-state index >= 15 is 0 Å². The Labute approximate surface area is 127 Å². The summed E-state index contributed by atoms with van der Waals surface area (Å²) in [5.41, 5.74) is 0.792. The van der Waals surface area contributed by atoms with Crippen LogP contribution in [0.15, 0.2) is 28.7 Å². The molecule has 0 spiro atoms. The first-order valence-electron chi connectivity index (χ1n) is 6.59. The highest BCUT2D eigenvalue weighted by molar-refractivity contribution is 9.10. The van der Waals surface area contributed by atoms with E-state index in [-0.39, 0.29) is 24.2 Å². The van der Waals surface area contributed by atoms with E-state index in [1.54, 1.807) is 0 Å². The molecule has 4 nitrogen and oxygen atoms in total. The highest BCUT2D eigenvalue weighted by Crippen LogP contribution is 2.21. The SMILES string of the molecule is CC(C)C(C)C(=O)NC(CC(=O)O)c1ccc(Br)cc1. The molecule has 2 N–H and O–H groups in total. The molecule has 1 aromatic carbocycles. The zero-order valence-electron chi connectivity index (χ0n) is 11.9. The van der Waals surface area contributed by atoms with Gasteiger partial charge in [-0.25, -0.2) is 0 Å². The molecular weight excluding hydrogens is 322 g/mol. The number of amides is 1. The summed E-state index contributed by atoms with van der Waals surface area (Å²) in [6.45, 7) is 5.78. The molecule has 0 aromatic heterocycles. The fourth-order valence-corrected chi connectivity index (χ4v) is 1.99. The standard InChI is InChI=1S/C15H20BrNO3/c1-9(2)10(3)15(20)17-13(8-14(18)19)11-4-6-12(16)7-5-11/h4-7,9-10,13H,8H2,1-3H3,(H,17,20)(H,18,19). The van der Waals surface area contributed by atoms with Gasteiger partial charge in [-0.15, -0.1) is 0 Å². The summed E-state index contributed by atoms with van der Waals surface area (Å²) in [4.78, 5) is 23.1. The maximum absolute atomic E-state index is 12.1. The molecule has 0 bridgehead atoms. The van der Waals surface area contributed by atoms with Gasteiger partial charge < -0.3 is 10.4 Å². The van der Waals surface area contributed by atoms with Crippen molar-refractivity contribution >= 4 is 27.8 Å². The molecule has 2 atom stereocenters. The molecule has 1 rings (SSSR count). The van der Waals surface area contributed by atoms with E-state index in [1.807, 2.05) is 45.0 Å². The zero-order chi connectivity index (χ0) is 15.3. The number of halogens is 1. The first kappa shape index (κ1) is 16.7. The summed E-state index contributed by atoms with van der Waals surface area (Å²) in [5, 5.41) is 11.8. The number of carboxylic acid groups (broad SMARTS) is 1. The van der Waals surface area contributed by atoms with E-state index in [0.717, 1.165) is 10.0 Å². The van der Waals surface area contributed by atoms with Crippen molar-refractivity contribution in [3.05, 3.63) is 34.3 Å². The molecule has 0 fully saturated rings. The Morgan fingerprint density at radius 1 is 1.20 bits per heavy atom. The van der Waals surface area contributed by atoms with Crippen LogP contribution in [0, 0.1) is 11.8 Å². The van der Waals surface area contributed by atoms with Crippen molar-refractivity contribution in [1.82, 2.24) is 5.32 Å². The Balaban J connectivity index is 2.87. The Kier molecular flexibility index (Phi) is 6.20. The predicted octanol–water partition coefficient (Wildman–Crippen LogP) is 3.37. The lowest BCUT2D eigenvalue weighted by molar-refractivity contribution is -0.138. The van der Waals surface area contributed by atoms with Gasteiger partial charge in [0.1, 0.15) is 0 Å². The minimum absolute atomic E-state index is 0.117. The van der Waals surface area contributed by atoms with Gasteiger partial charge in [0.05, 0.1) is 12.5 Å². The van der Waals surface area contributed by atoms with Crippen molar-refractivity contribution in [2.45, 2.75) is 33.2 Å². The van der Waals surface area contributed by atoms with E-state index in [0.29, 0.717) is 0 Å². The van der Waals surface area contributed by atoms with Gasteiger partial charge in [0.15, 0.2) is 0 Å². The fourth-order valence-electron chi connectivity index (χ4n) is 1.73. The molecule has 20 heavy (non-hydrogen) atoms. The maximum atomic E-state index is 12.1. The summed E-state index contributed by atoms with van der Waals surface area (Å²) >= 11 is 3.33. The molecule has 0 radical (unpaired) electrons. The minimum Gasteiger partial charge on any atom is -0.481 e. The lowest BCUT2D eigenvalue weighted by Crippen LogP contribution is -2.35. The average molecular weight is 342 g/mol. The lowest BCUT2D eigenvalue weighted by atomic mass is 9.95. The third-order valence-electron chi connectivity index (χ3n) is 3.38. The third-order valence-corrected chi connectivity index (χ3v) is 3.91. The van der Waals surface area contributed by atoms with Crippen molar-refractivity contribution in [2.24, 2.45) is 11.8 Å². The topological polar surface area (TPSA) is 66.4 Å². The smallest absolute Gasteiger partial charge is 0.305 e. The molecule has 0 aliphatic rings. The monoisotopic (exact) mass is 341 g/mol. The third kappa shape index (κ3) is 4.96. The number of nitrogens with one attached hydrogen (secondary N) is 1. The van der Waals surface area contributed by atoms with Crippen LogP contribution in [0.3, 0.4) is 0 Å². The molecule has 0 saturated heterocycles. The molecule has 0 aliphatic heterocycles. The van der Waals surface area contributed by atoms with Gasteiger partial charge in [-0.2, -0.15) is 0 Å². The zero-order valence-corrected chi connectivity index (χ0v) is 13.5. The summed E-state index contributed by atoms with van der Waals surface area (Å²) in [5.74, 6) is -0.989. The van der Waals surface area contributed by atoms with E-state index in [9.17, 15) is 9.59 Å². The summed E-state index contributed by atoms with van der Waals surface area (Å²) in [6, 6.07) is 6.80.